The lowest BCUT2D eigenvalue weighted by atomic mass is 9.90. The quantitative estimate of drug-likeness (QED) is 0.778. The van der Waals surface area contributed by atoms with Gasteiger partial charge in [-0.2, -0.15) is 4.31 Å². The number of nitrogens with zero attached hydrogens (tertiary/aromatic N) is 3. The molecule has 2 aromatic rings. The Labute approximate surface area is 162 Å². The van der Waals surface area contributed by atoms with Crippen molar-refractivity contribution >= 4 is 15.9 Å². The largest absolute Gasteiger partial charge is 0.463 e. The van der Waals surface area contributed by atoms with Crippen molar-refractivity contribution in [1.29, 1.82) is 0 Å². The number of amides is 1. The zero-order valence-corrected chi connectivity index (χ0v) is 16.4. The summed E-state index contributed by atoms with van der Waals surface area (Å²) in [6, 6.07) is 7.56. The maximum atomic E-state index is 13.2. The van der Waals surface area contributed by atoms with Gasteiger partial charge in [0.2, 0.25) is 16.9 Å². The molecule has 0 bridgehead atoms. The van der Waals surface area contributed by atoms with Gasteiger partial charge >= 0.3 is 0 Å². The summed E-state index contributed by atoms with van der Waals surface area (Å²) in [6.07, 6.45) is 1.64. The molecule has 28 heavy (non-hydrogen) atoms. The van der Waals surface area contributed by atoms with Crippen molar-refractivity contribution in [1.82, 2.24) is 14.2 Å². The number of piperazine rings is 1. The van der Waals surface area contributed by atoms with Gasteiger partial charge in [0.1, 0.15) is 5.75 Å². The smallest absolute Gasteiger partial charge is 0.256 e. The Kier molecular flexibility index (Phi) is 4.39. The van der Waals surface area contributed by atoms with Gasteiger partial charge in [0.25, 0.3) is 5.91 Å². The summed E-state index contributed by atoms with van der Waals surface area (Å²) in [5, 5.41) is 0. The van der Waals surface area contributed by atoms with Gasteiger partial charge in [-0.15, -0.1) is 0 Å². The van der Waals surface area contributed by atoms with Crippen LogP contribution in [0.25, 0.3) is 0 Å². The van der Waals surface area contributed by atoms with Crippen molar-refractivity contribution in [3.8, 4) is 5.75 Å². The molecule has 4 rings (SSSR count). The Morgan fingerprint density at radius 2 is 2.07 bits per heavy atom. The third-order valence-corrected chi connectivity index (χ3v) is 7.34. The van der Waals surface area contributed by atoms with Crippen LogP contribution in [0.3, 0.4) is 0 Å². The molecule has 0 spiro atoms. The van der Waals surface area contributed by atoms with E-state index < -0.39 is 22.4 Å². The van der Waals surface area contributed by atoms with Crippen LogP contribution >= 0.6 is 0 Å². The molecule has 0 radical (unpaired) electrons. The number of sulfonamides is 1. The highest BCUT2D eigenvalue weighted by Crippen LogP contribution is 2.43. The fourth-order valence-corrected chi connectivity index (χ4v) is 5.64. The third kappa shape index (κ3) is 2.68. The second kappa shape index (κ2) is 6.52. The van der Waals surface area contributed by atoms with E-state index >= 15 is 0 Å². The molecular formula is C19H20FN3O4S. The van der Waals surface area contributed by atoms with Crippen molar-refractivity contribution in [3.05, 3.63) is 53.3 Å². The first kappa shape index (κ1) is 18.8. The van der Waals surface area contributed by atoms with Gasteiger partial charge < -0.3 is 9.64 Å². The molecule has 0 N–H and O–H groups in total. The Bertz CT molecular complexity index is 1060. The molecule has 3 heterocycles. The second-order valence-electron chi connectivity index (χ2n) is 7.12. The van der Waals surface area contributed by atoms with Gasteiger partial charge in [0.15, 0.2) is 0 Å². The number of carbonyl (C=O) groups excluding carboxylic acids is 1. The maximum absolute atomic E-state index is 13.2. The van der Waals surface area contributed by atoms with Gasteiger partial charge in [0, 0.05) is 31.9 Å². The molecule has 1 aromatic heterocycles. The summed E-state index contributed by atoms with van der Waals surface area (Å²) in [4.78, 5) is 18.8. The van der Waals surface area contributed by atoms with E-state index in [9.17, 15) is 17.6 Å². The van der Waals surface area contributed by atoms with E-state index in [0.29, 0.717) is 11.3 Å². The van der Waals surface area contributed by atoms with Crippen LogP contribution in [0.1, 0.15) is 28.5 Å². The van der Waals surface area contributed by atoms with Crippen molar-refractivity contribution in [2.75, 3.05) is 26.5 Å². The Morgan fingerprint density at radius 3 is 2.82 bits per heavy atom. The highest BCUT2D eigenvalue weighted by atomic mass is 32.2. The lowest BCUT2D eigenvalue weighted by Crippen LogP contribution is -2.58. The van der Waals surface area contributed by atoms with Crippen LogP contribution in [0, 0.1) is 6.92 Å². The van der Waals surface area contributed by atoms with Gasteiger partial charge in [-0.05, 0) is 37.6 Å². The highest BCUT2D eigenvalue weighted by molar-refractivity contribution is 7.89. The topological polar surface area (TPSA) is 79.8 Å². The van der Waals surface area contributed by atoms with Gasteiger partial charge in [-0.3, -0.25) is 9.78 Å². The molecule has 7 nitrogen and oxygen atoms in total. The molecule has 148 valence electrons. The number of hydrogen-bond acceptors (Lipinski definition) is 5. The lowest BCUT2D eigenvalue weighted by Gasteiger charge is -2.44. The number of rotatable bonds is 4. The molecule has 9 heteroatoms. The fourth-order valence-electron chi connectivity index (χ4n) is 4.08. The molecule has 2 aliphatic rings. The standard InChI is InChI=1S/C19H20FN3O4S/c1-13-17-16(6-7-21-13)19(2)11-22(8-9-23(19)18(17)24)28(25,26)15-5-3-4-14(10-15)27-12-20/h3-7,10H,8-9,11-12H2,1-2H3. The summed E-state index contributed by atoms with van der Waals surface area (Å²) in [7, 11) is -3.83. The van der Waals surface area contributed by atoms with Crippen molar-refractivity contribution in [2.24, 2.45) is 0 Å². The average molecular weight is 405 g/mol. The average Bonchev–Trinajstić information content (AvgIpc) is 2.90. The molecule has 1 atom stereocenters. The number of benzene rings is 1. The van der Waals surface area contributed by atoms with Crippen LogP contribution in [0.4, 0.5) is 4.39 Å². The van der Waals surface area contributed by atoms with Crippen LogP contribution in [0.2, 0.25) is 0 Å². The second-order valence-corrected chi connectivity index (χ2v) is 9.05. The number of hydrogen-bond donors (Lipinski definition) is 0. The molecular weight excluding hydrogens is 385 g/mol. The number of carbonyl (C=O) groups is 1. The van der Waals surface area contributed by atoms with Crippen molar-refractivity contribution in [2.45, 2.75) is 24.3 Å². The van der Waals surface area contributed by atoms with Gasteiger partial charge in [0.05, 0.1) is 21.7 Å². The first-order valence-corrected chi connectivity index (χ1v) is 10.3. The van der Waals surface area contributed by atoms with Crippen LogP contribution < -0.4 is 4.74 Å². The zero-order valence-electron chi connectivity index (χ0n) is 15.6. The molecule has 0 aliphatic carbocycles. The molecule has 1 amide bonds. The summed E-state index contributed by atoms with van der Waals surface area (Å²) >= 11 is 0. The fraction of sp³-hybridized carbons (Fsp3) is 0.368. The lowest BCUT2D eigenvalue weighted by molar-refractivity contribution is 0.0376. The number of pyridine rings is 1. The van der Waals surface area contributed by atoms with Crippen LogP contribution in [0.15, 0.2) is 41.4 Å². The highest BCUT2D eigenvalue weighted by Gasteiger charge is 2.52. The summed E-state index contributed by atoms with van der Waals surface area (Å²) < 4.78 is 45.0. The van der Waals surface area contributed by atoms with Gasteiger partial charge in [-0.25, -0.2) is 12.8 Å². The monoisotopic (exact) mass is 405 g/mol. The van der Waals surface area contributed by atoms with Crippen LogP contribution in [0.5, 0.6) is 5.75 Å². The van der Waals surface area contributed by atoms with Gasteiger partial charge in [-0.1, -0.05) is 6.07 Å². The van der Waals surface area contributed by atoms with E-state index in [2.05, 4.69) is 4.98 Å². The first-order valence-electron chi connectivity index (χ1n) is 8.86. The summed E-state index contributed by atoms with van der Waals surface area (Å²) in [6.45, 7) is 3.21. The van der Waals surface area contributed by atoms with E-state index in [1.165, 1.54) is 28.6 Å². The number of alkyl halides is 1. The number of aryl methyl sites for hydroxylation is 1. The Morgan fingerprint density at radius 1 is 1.29 bits per heavy atom. The van der Waals surface area contributed by atoms with E-state index in [4.69, 9.17) is 4.74 Å². The van der Waals surface area contributed by atoms with Crippen molar-refractivity contribution < 1.29 is 22.3 Å². The van der Waals surface area contributed by atoms with E-state index in [0.717, 1.165) is 5.56 Å². The zero-order chi connectivity index (χ0) is 20.1. The summed E-state index contributed by atoms with van der Waals surface area (Å²) in [5.74, 6) is 0.0370. The maximum Gasteiger partial charge on any atom is 0.256 e. The number of aromatic nitrogens is 1. The number of ether oxygens (including phenoxy) is 1. The number of fused-ring (bicyclic) bond motifs is 3. The minimum absolute atomic E-state index is 0.0333. The third-order valence-electron chi connectivity index (χ3n) is 5.50. The van der Waals surface area contributed by atoms with Crippen molar-refractivity contribution in [3.63, 3.8) is 0 Å². The molecule has 1 saturated heterocycles. The summed E-state index contributed by atoms with van der Waals surface area (Å²) in [5.41, 5.74) is 1.23. The van der Waals surface area contributed by atoms with E-state index in [1.807, 2.05) is 6.92 Å². The normalized spacial score (nSPS) is 22.1. The molecule has 2 aliphatic heterocycles. The van der Waals surface area contributed by atoms with Crippen LogP contribution in [-0.2, 0) is 15.6 Å². The van der Waals surface area contributed by atoms with Crippen LogP contribution in [-0.4, -0.2) is 55.0 Å². The molecule has 0 saturated carbocycles. The Hall–Kier alpha value is -2.52. The number of halogens is 1. The molecule has 1 unspecified atom stereocenters. The minimum Gasteiger partial charge on any atom is -0.463 e. The predicted molar refractivity (Wildman–Crippen MR) is 99.2 cm³/mol. The SMILES string of the molecule is Cc1nccc2c1C(=O)N1CCN(S(=O)(=O)c3cccc(OCF)c3)CC21C. The molecule has 1 fully saturated rings. The predicted octanol–water partition coefficient (Wildman–Crippen LogP) is 2.07. The Balaban J connectivity index is 1.71. The minimum atomic E-state index is -3.83. The van der Waals surface area contributed by atoms with E-state index in [1.54, 1.807) is 24.1 Å². The first-order chi connectivity index (χ1) is 13.3. The van der Waals surface area contributed by atoms with E-state index in [-0.39, 0.29) is 36.2 Å². The molecule has 1 aromatic carbocycles.